The van der Waals surface area contributed by atoms with Crippen molar-refractivity contribution in [3.8, 4) is 0 Å². The first-order valence-corrected chi connectivity index (χ1v) is 9.90. The third-order valence-corrected chi connectivity index (χ3v) is 5.73. The van der Waals surface area contributed by atoms with Gasteiger partial charge < -0.3 is 0 Å². The van der Waals surface area contributed by atoms with Gasteiger partial charge in [0, 0.05) is 35.0 Å². The lowest BCUT2D eigenvalue weighted by atomic mass is 10.1. The maximum atomic E-state index is 13.4. The second kappa shape index (κ2) is 8.18. The zero-order chi connectivity index (χ0) is 18.7. The van der Waals surface area contributed by atoms with E-state index in [0.717, 1.165) is 21.4 Å². The Morgan fingerprint density at radius 1 is 1.15 bits per heavy atom. The summed E-state index contributed by atoms with van der Waals surface area (Å²) in [6.45, 7) is 1.83. The number of hydrogen-bond acceptors (Lipinski definition) is 3. The first kappa shape index (κ1) is 18.9. The van der Waals surface area contributed by atoms with Crippen LogP contribution in [0.1, 0.15) is 22.4 Å². The number of nitrogens with zero attached hydrogens (tertiary/aromatic N) is 2. The molecule has 3 aromatic rings. The number of thioether (sulfide) groups is 1. The SMILES string of the molecule is Cc1nc(SCc2ccc(Br)cc2)n(C)c(=O)c1Cc1cccc(F)c1. The number of benzene rings is 2. The summed E-state index contributed by atoms with van der Waals surface area (Å²) in [6.07, 6.45) is 0.376. The van der Waals surface area contributed by atoms with Crippen molar-refractivity contribution in [2.24, 2.45) is 7.05 Å². The average molecular weight is 433 g/mol. The van der Waals surface area contributed by atoms with Gasteiger partial charge in [-0.25, -0.2) is 9.37 Å². The molecule has 1 heterocycles. The average Bonchev–Trinajstić information content (AvgIpc) is 2.62. The number of hydrogen-bond donors (Lipinski definition) is 0. The van der Waals surface area contributed by atoms with Crippen LogP contribution in [0.25, 0.3) is 0 Å². The van der Waals surface area contributed by atoms with Crippen LogP contribution in [0.4, 0.5) is 4.39 Å². The molecule has 0 aliphatic rings. The van der Waals surface area contributed by atoms with E-state index in [2.05, 4.69) is 20.9 Å². The van der Waals surface area contributed by atoms with Crippen LogP contribution < -0.4 is 5.56 Å². The summed E-state index contributed by atoms with van der Waals surface area (Å²) >= 11 is 4.95. The van der Waals surface area contributed by atoms with Crippen molar-refractivity contribution in [2.45, 2.75) is 24.3 Å². The Hall–Kier alpha value is -1.92. The van der Waals surface area contributed by atoms with Crippen molar-refractivity contribution in [1.29, 1.82) is 0 Å². The van der Waals surface area contributed by atoms with Crippen molar-refractivity contribution < 1.29 is 4.39 Å². The zero-order valence-electron chi connectivity index (χ0n) is 14.5. The van der Waals surface area contributed by atoms with Crippen molar-refractivity contribution in [2.75, 3.05) is 0 Å². The fraction of sp³-hybridized carbons (Fsp3) is 0.200. The van der Waals surface area contributed by atoms with Crippen molar-refractivity contribution >= 4 is 27.7 Å². The quantitative estimate of drug-likeness (QED) is 0.425. The van der Waals surface area contributed by atoms with Gasteiger partial charge in [0.1, 0.15) is 5.82 Å². The van der Waals surface area contributed by atoms with Crippen LogP contribution in [0.5, 0.6) is 0 Å². The molecule has 0 saturated heterocycles. The van der Waals surface area contributed by atoms with Crippen molar-refractivity contribution in [3.05, 3.63) is 91.6 Å². The predicted molar refractivity (Wildman–Crippen MR) is 107 cm³/mol. The van der Waals surface area contributed by atoms with E-state index in [4.69, 9.17) is 0 Å². The highest BCUT2D eigenvalue weighted by molar-refractivity contribution is 9.10. The standard InChI is InChI=1S/C20H18BrFN2OS/c1-13-18(11-15-4-3-5-17(22)10-15)19(25)24(2)20(23-13)26-12-14-6-8-16(21)9-7-14/h3-10H,11-12H2,1-2H3. The van der Waals surface area contributed by atoms with Gasteiger partial charge in [-0.2, -0.15) is 0 Å². The molecule has 0 N–H and O–H groups in total. The molecule has 1 aromatic heterocycles. The molecule has 3 rings (SSSR count). The van der Waals surface area contributed by atoms with E-state index in [1.807, 2.05) is 37.3 Å². The fourth-order valence-electron chi connectivity index (χ4n) is 2.64. The van der Waals surface area contributed by atoms with E-state index in [-0.39, 0.29) is 11.4 Å². The third-order valence-electron chi connectivity index (χ3n) is 4.10. The molecule has 0 atom stereocenters. The molecule has 0 saturated carbocycles. The molecule has 0 aliphatic heterocycles. The Labute approximate surface area is 164 Å². The van der Waals surface area contributed by atoms with Gasteiger partial charge >= 0.3 is 0 Å². The summed E-state index contributed by atoms with van der Waals surface area (Å²) in [5, 5.41) is 0.679. The largest absolute Gasteiger partial charge is 0.291 e. The lowest BCUT2D eigenvalue weighted by Gasteiger charge is -2.12. The molecule has 0 fully saturated rings. The summed E-state index contributed by atoms with van der Waals surface area (Å²) < 4.78 is 16.0. The molecule has 0 radical (unpaired) electrons. The highest BCUT2D eigenvalue weighted by Gasteiger charge is 2.13. The second-order valence-corrected chi connectivity index (χ2v) is 7.90. The van der Waals surface area contributed by atoms with E-state index < -0.39 is 0 Å². The van der Waals surface area contributed by atoms with Gasteiger partial charge in [0.25, 0.3) is 5.56 Å². The van der Waals surface area contributed by atoms with Gasteiger partial charge in [-0.1, -0.05) is 52.0 Å². The Bertz CT molecular complexity index is 986. The molecular formula is C20H18BrFN2OS. The predicted octanol–water partition coefficient (Wildman–Crippen LogP) is 4.87. The van der Waals surface area contributed by atoms with Crippen LogP contribution in [-0.2, 0) is 19.2 Å². The van der Waals surface area contributed by atoms with Crippen LogP contribution in [0.15, 0.2) is 63.0 Å². The maximum Gasteiger partial charge on any atom is 0.257 e. The minimum atomic E-state index is -0.299. The molecule has 0 amide bonds. The van der Waals surface area contributed by atoms with Gasteiger partial charge in [-0.05, 0) is 42.3 Å². The van der Waals surface area contributed by atoms with Gasteiger partial charge in [0.2, 0.25) is 0 Å². The van der Waals surface area contributed by atoms with Crippen molar-refractivity contribution in [3.63, 3.8) is 0 Å². The second-order valence-electron chi connectivity index (χ2n) is 6.04. The first-order valence-electron chi connectivity index (χ1n) is 8.12. The molecule has 0 unspecified atom stereocenters. The number of aromatic nitrogens is 2. The molecule has 134 valence electrons. The maximum absolute atomic E-state index is 13.4. The highest BCUT2D eigenvalue weighted by Crippen LogP contribution is 2.22. The van der Waals surface area contributed by atoms with E-state index in [9.17, 15) is 9.18 Å². The van der Waals surface area contributed by atoms with Crippen LogP contribution in [0, 0.1) is 12.7 Å². The topological polar surface area (TPSA) is 34.9 Å². The number of halogens is 2. The van der Waals surface area contributed by atoms with Crippen molar-refractivity contribution in [1.82, 2.24) is 9.55 Å². The number of aryl methyl sites for hydroxylation is 1. The number of rotatable bonds is 5. The smallest absolute Gasteiger partial charge is 0.257 e. The Morgan fingerprint density at radius 2 is 1.88 bits per heavy atom. The lowest BCUT2D eigenvalue weighted by Crippen LogP contribution is -2.25. The summed E-state index contributed by atoms with van der Waals surface area (Å²) in [5.74, 6) is 0.433. The van der Waals surface area contributed by atoms with Crippen LogP contribution in [-0.4, -0.2) is 9.55 Å². The molecule has 26 heavy (non-hydrogen) atoms. The van der Waals surface area contributed by atoms with Gasteiger partial charge in [0.15, 0.2) is 5.16 Å². The third kappa shape index (κ3) is 4.43. The first-order chi connectivity index (χ1) is 12.4. The van der Waals surface area contributed by atoms with Crippen LogP contribution in [0.3, 0.4) is 0 Å². The lowest BCUT2D eigenvalue weighted by molar-refractivity contribution is 0.625. The molecular weight excluding hydrogens is 415 g/mol. The van der Waals surface area contributed by atoms with Crippen LogP contribution >= 0.6 is 27.7 Å². The van der Waals surface area contributed by atoms with E-state index in [1.165, 1.54) is 23.9 Å². The minimum absolute atomic E-state index is 0.0833. The Balaban J connectivity index is 1.83. The molecule has 6 heteroatoms. The highest BCUT2D eigenvalue weighted by atomic mass is 79.9. The summed E-state index contributed by atoms with van der Waals surface area (Å²) in [6, 6.07) is 14.4. The molecule has 2 aromatic carbocycles. The van der Waals surface area contributed by atoms with Gasteiger partial charge in [0.05, 0.1) is 0 Å². The van der Waals surface area contributed by atoms with E-state index in [0.29, 0.717) is 22.8 Å². The van der Waals surface area contributed by atoms with Gasteiger partial charge in [-0.15, -0.1) is 0 Å². The van der Waals surface area contributed by atoms with Crippen LogP contribution in [0.2, 0.25) is 0 Å². The normalized spacial score (nSPS) is 10.9. The molecule has 0 spiro atoms. The summed E-state index contributed by atoms with van der Waals surface area (Å²) in [7, 11) is 1.73. The summed E-state index contributed by atoms with van der Waals surface area (Å²) in [5.41, 5.74) is 3.14. The molecule has 3 nitrogen and oxygen atoms in total. The Kier molecular flexibility index (Phi) is 5.94. The molecule has 0 aliphatic carbocycles. The molecule has 0 bridgehead atoms. The fourth-order valence-corrected chi connectivity index (χ4v) is 3.87. The monoisotopic (exact) mass is 432 g/mol. The Morgan fingerprint density at radius 3 is 2.58 bits per heavy atom. The minimum Gasteiger partial charge on any atom is -0.291 e. The van der Waals surface area contributed by atoms with E-state index >= 15 is 0 Å². The van der Waals surface area contributed by atoms with Gasteiger partial charge in [-0.3, -0.25) is 9.36 Å². The van der Waals surface area contributed by atoms with E-state index in [1.54, 1.807) is 17.7 Å². The zero-order valence-corrected chi connectivity index (χ0v) is 16.9. The summed E-state index contributed by atoms with van der Waals surface area (Å²) in [4.78, 5) is 17.4.